The minimum Gasteiger partial charge on any atom is -0.502 e. The summed E-state index contributed by atoms with van der Waals surface area (Å²) in [6, 6.07) is 0. The molecule has 0 aliphatic rings. The highest BCUT2D eigenvalue weighted by atomic mass is 16.5. The van der Waals surface area contributed by atoms with E-state index in [2.05, 4.69) is 18.8 Å². The average Bonchev–Trinajstić information content (AvgIpc) is 2.11. The summed E-state index contributed by atoms with van der Waals surface area (Å²) in [5.41, 5.74) is 0. The normalized spacial score (nSPS) is 12.5. The van der Waals surface area contributed by atoms with E-state index in [1.165, 1.54) is 6.26 Å². The standard InChI is InChI=1S/C10H21NO2/c1-4-13-7-5-6-11-8-10(2)9-12-3/h4,10-11H,1,5-9H2,2-3H3. The maximum Gasteiger partial charge on any atom is 0.0885 e. The Morgan fingerprint density at radius 3 is 2.92 bits per heavy atom. The van der Waals surface area contributed by atoms with Gasteiger partial charge in [-0.3, -0.25) is 0 Å². The van der Waals surface area contributed by atoms with Crippen molar-refractivity contribution in [3.05, 3.63) is 12.8 Å². The molecule has 0 aromatic carbocycles. The van der Waals surface area contributed by atoms with Crippen molar-refractivity contribution in [3.63, 3.8) is 0 Å². The van der Waals surface area contributed by atoms with Crippen LogP contribution in [0, 0.1) is 5.92 Å². The van der Waals surface area contributed by atoms with Crippen LogP contribution in [0.3, 0.4) is 0 Å². The zero-order chi connectivity index (χ0) is 9.94. The Hall–Kier alpha value is -0.540. The first-order valence-corrected chi connectivity index (χ1v) is 4.73. The smallest absolute Gasteiger partial charge is 0.0885 e. The monoisotopic (exact) mass is 187 g/mol. The molecule has 0 spiro atoms. The molecule has 3 heteroatoms. The van der Waals surface area contributed by atoms with Crippen LogP contribution in [0.2, 0.25) is 0 Å². The Labute approximate surface area is 81.1 Å². The molecule has 1 atom stereocenters. The Balaban J connectivity index is 3.01. The van der Waals surface area contributed by atoms with Gasteiger partial charge in [0.25, 0.3) is 0 Å². The minimum atomic E-state index is 0.574. The SMILES string of the molecule is C=COCCCNCC(C)COC. The lowest BCUT2D eigenvalue weighted by Crippen LogP contribution is -2.25. The van der Waals surface area contributed by atoms with Crippen molar-refractivity contribution in [2.75, 3.05) is 33.4 Å². The second-order valence-electron chi connectivity index (χ2n) is 3.16. The lowest BCUT2D eigenvalue weighted by Gasteiger charge is -2.10. The Morgan fingerprint density at radius 1 is 1.54 bits per heavy atom. The highest BCUT2D eigenvalue weighted by Crippen LogP contribution is 1.92. The molecular formula is C10H21NO2. The van der Waals surface area contributed by atoms with E-state index in [1.54, 1.807) is 7.11 Å². The highest BCUT2D eigenvalue weighted by Gasteiger charge is 1.99. The van der Waals surface area contributed by atoms with E-state index in [9.17, 15) is 0 Å². The van der Waals surface area contributed by atoms with E-state index in [1.807, 2.05) is 0 Å². The molecule has 0 heterocycles. The van der Waals surface area contributed by atoms with Crippen LogP contribution >= 0.6 is 0 Å². The third-order valence-electron chi connectivity index (χ3n) is 1.68. The van der Waals surface area contributed by atoms with Gasteiger partial charge in [0.1, 0.15) is 0 Å². The van der Waals surface area contributed by atoms with Gasteiger partial charge in [0.15, 0.2) is 0 Å². The maximum absolute atomic E-state index is 5.02. The first-order valence-electron chi connectivity index (χ1n) is 4.73. The minimum absolute atomic E-state index is 0.574. The van der Waals surface area contributed by atoms with Gasteiger partial charge in [0, 0.05) is 13.7 Å². The molecule has 0 saturated carbocycles. The molecule has 1 unspecified atom stereocenters. The first kappa shape index (κ1) is 12.5. The Kier molecular flexibility index (Phi) is 9.15. The van der Waals surface area contributed by atoms with Crippen molar-refractivity contribution < 1.29 is 9.47 Å². The number of hydrogen-bond acceptors (Lipinski definition) is 3. The summed E-state index contributed by atoms with van der Waals surface area (Å²) in [6.07, 6.45) is 2.50. The molecule has 0 aliphatic heterocycles. The van der Waals surface area contributed by atoms with Crippen LogP contribution in [0.1, 0.15) is 13.3 Å². The molecule has 3 nitrogen and oxygen atoms in total. The number of nitrogens with one attached hydrogen (secondary N) is 1. The van der Waals surface area contributed by atoms with E-state index >= 15 is 0 Å². The first-order chi connectivity index (χ1) is 6.31. The van der Waals surface area contributed by atoms with E-state index in [-0.39, 0.29) is 0 Å². The average molecular weight is 187 g/mol. The van der Waals surface area contributed by atoms with E-state index in [4.69, 9.17) is 9.47 Å². The van der Waals surface area contributed by atoms with Gasteiger partial charge < -0.3 is 14.8 Å². The van der Waals surface area contributed by atoms with Crippen LogP contribution in [0.5, 0.6) is 0 Å². The number of methoxy groups -OCH3 is 1. The quantitative estimate of drug-likeness (QED) is 0.437. The van der Waals surface area contributed by atoms with Crippen molar-refractivity contribution in [1.29, 1.82) is 0 Å². The van der Waals surface area contributed by atoms with Gasteiger partial charge in [0.2, 0.25) is 0 Å². The fourth-order valence-electron chi connectivity index (χ4n) is 1.06. The number of hydrogen-bond donors (Lipinski definition) is 1. The van der Waals surface area contributed by atoms with Crippen molar-refractivity contribution >= 4 is 0 Å². The van der Waals surface area contributed by atoms with Crippen molar-refractivity contribution in [3.8, 4) is 0 Å². The largest absolute Gasteiger partial charge is 0.502 e. The number of ether oxygens (including phenoxy) is 2. The molecular weight excluding hydrogens is 166 g/mol. The van der Waals surface area contributed by atoms with Crippen molar-refractivity contribution in [2.45, 2.75) is 13.3 Å². The summed E-state index contributed by atoms with van der Waals surface area (Å²) in [7, 11) is 1.73. The van der Waals surface area contributed by atoms with Gasteiger partial charge in [0.05, 0.1) is 12.9 Å². The van der Waals surface area contributed by atoms with Crippen molar-refractivity contribution in [2.24, 2.45) is 5.92 Å². The molecule has 0 radical (unpaired) electrons. The lowest BCUT2D eigenvalue weighted by molar-refractivity contribution is 0.158. The third-order valence-corrected chi connectivity index (χ3v) is 1.68. The molecule has 0 amide bonds. The van der Waals surface area contributed by atoms with Gasteiger partial charge in [-0.1, -0.05) is 13.5 Å². The molecule has 78 valence electrons. The molecule has 0 aromatic rings. The summed E-state index contributed by atoms with van der Waals surface area (Å²) in [6.45, 7) is 9.19. The van der Waals surface area contributed by atoms with Crippen LogP contribution < -0.4 is 5.32 Å². The predicted molar refractivity (Wildman–Crippen MR) is 54.7 cm³/mol. The van der Waals surface area contributed by atoms with Gasteiger partial charge in [-0.15, -0.1) is 0 Å². The molecule has 1 N–H and O–H groups in total. The van der Waals surface area contributed by atoms with Crippen LogP contribution in [0.4, 0.5) is 0 Å². The van der Waals surface area contributed by atoms with Crippen LogP contribution in [0.15, 0.2) is 12.8 Å². The molecule has 0 saturated heterocycles. The van der Waals surface area contributed by atoms with Gasteiger partial charge >= 0.3 is 0 Å². The highest BCUT2D eigenvalue weighted by molar-refractivity contribution is 4.56. The second kappa shape index (κ2) is 9.55. The summed E-state index contributed by atoms with van der Waals surface area (Å²) < 4.78 is 10.0. The van der Waals surface area contributed by atoms with E-state index < -0.39 is 0 Å². The van der Waals surface area contributed by atoms with Crippen LogP contribution in [0.25, 0.3) is 0 Å². The fourth-order valence-corrected chi connectivity index (χ4v) is 1.06. The fraction of sp³-hybridized carbons (Fsp3) is 0.800. The predicted octanol–water partition coefficient (Wildman–Crippen LogP) is 1.41. The van der Waals surface area contributed by atoms with E-state index in [0.717, 1.165) is 32.7 Å². The summed E-state index contributed by atoms with van der Waals surface area (Å²) in [4.78, 5) is 0. The maximum atomic E-state index is 5.02. The zero-order valence-corrected chi connectivity index (χ0v) is 8.71. The van der Waals surface area contributed by atoms with Crippen LogP contribution in [-0.2, 0) is 9.47 Å². The zero-order valence-electron chi connectivity index (χ0n) is 8.71. The molecule has 0 aromatic heterocycles. The molecule has 13 heavy (non-hydrogen) atoms. The second-order valence-corrected chi connectivity index (χ2v) is 3.16. The Morgan fingerprint density at radius 2 is 2.31 bits per heavy atom. The summed E-state index contributed by atoms with van der Waals surface area (Å²) in [5.74, 6) is 0.574. The molecule has 0 fully saturated rings. The lowest BCUT2D eigenvalue weighted by atomic mass is 10.2. The topological polar surface area (TPSA) is 30.5 Å². The molecule has 0 rings (SSSR count). The summed E-state index contributed by atoms with van der Waals surface area (Å²) >= 11 is 0. The third kappa shape index (κ3) is 9.37. The van der Waals surface area contributed by atoms with Gasteiger partial charge in [-0.2, -0.15) is 0 Å². The van der Waals surface area contributed by atoms with Gasteiger partial charge in [-0.05, 0) is 25.4 Å². The number of rotatable bonds is 9. The summed E-state index contributed by atoms with van der Waals surface area (Å²) in [5, 5.41) is 3.33. The van der Waals surface area contributed by atoms with E-state index in [0.29, 0.717) is 5.92 Å². The van der Waals surface area contributed by atoms with Crippen molar-refractivity contribution in [1.82, 2.24) is 5.32 Å². The molecule has 0 bridgehead atoms. The van der Waals surface area contributed by atoms with Gasteiger partial charge in [-0.25, -0.2) is 0 Å². The van der Waals surface area contributed by atoms with Crippen LogP contribution in [-0.4, -0.2) is 33.4 Å². The molecule has 0 aliphatic carbocycles. The Bertz CT molecular complexity index is 117.